The molecule has 1 amide bonds. The van der Waals surface area contributed by atoms with Crippen molar-refractivity contribution in [3.8, 4) is 11.5 Å². The summed E-state index contributed by atoms with van der Waals surface area (Å²) >= 11 is 0. The monoisotopic (exact) mass is 464 g/mol. The molecule has 1 unspecified atom stereocenters. The van der Waals surface area contributed by atoms with E-state index in [0.717, 1.165) is 11.1 Å². The molecule has 0 spiro atoms. The van der Waals surface area contributed by atoms with Gasteiger partial charge in [-0.25, -0.2) is 0 Å². The minimum atomic E-state index is -0.477. The molecule has 1 atom stereocenters. The first kappa shape index (κ1) is 23.5. The van der Waals surface area contributed by atoms with Crippen LogP contribution in [0.15, 0.2) is 47.7 Å². The minimum Gasteiger partial charge on any atom is -0.493 e. The highest BCUT2D eigenvalue weighted by Crippen LogP contribution is 2.49. The van der Waals surface area contributed by atoms with Crippen molar-refractivity contribution in [3.63, 3.8) is 0 Å². The zero-order chi connectivity index (χ0) is 24.8. The lowest BCUT2D eigenvalue weighted by molar-refractivity contribution is -0.384. The van der Waals surface area contributed by atoms with E-state index < -0.39 is 10.8 Å². The highest BCUT2D eigenvalue weighted by molar-refractivity contribution is 6.08. The summed E-state index contributed by atoms with van der Waals surface area (Å²) in [6.45, 7) is 5.80. The van der Waals surface area contributed by atoms with E-state index in [2.05, 4.69) is 0 Å². The van der Waals surface area contributed by atoms with Gasteiger partial charge in [0.15, 0.2) is 17.3 Å². The zero-order valence-electron chi connectivity index (χ0n) is 20.0. The number of non-ortho nitro benzene ring substituents is 1. The fraction of sp³-hybridized carbons (Fsp3) is 0.385. The molecule has 4 rings (SSSR count). The Bertz CT molecular complexity index is 1230. The third-order valence-electron chi connectivity index (χ3n) is 6.60. The number of Topliss-reactive ketones (excluding diaryl/α,β-unsaturated/α-hetero) is 1. The van der Waals surface area contributed by atoms with Gasteiger partial charge >= 0.3 is 0 Å². The summed E-state index contributed by atoms with van der Waals surface area (Å²) < 4.78 is 10.8. The number of allylic oxidation sites excluding steroid dienone is 2. The molecule has 1 heterocycles. The van der Waals surface area contributed by atoms with E-state index in [1.165, 1.54) is 17.0 Å². The van der Waals surface area contributed by atoms with Crippen LogP contribution in [0.3, 0.4) is 0 Å². The molecule has 0 saturated carbocycles. The van der Waals surface area contributed by atoms with Crippen LogP contribution >= 0.6 is 0 Å². The fourth-order valence-electron chi connectivity index (χ4n) is 5.00. The van der Waals surface area contributed by atoms with E-state index in [4.69, 9.17) is 9.47 Å². The van der Waals surface area contributed by atoms with Crippen molar-refractivity contribution in [2.75, 3.05) is 19.1 Å². The lowest BCUT2D eigenvalue weighted by Crippen LogP contribution is -2.44. The maximum absolute atomic E-state index is 13.6. The summed E-state index contributed by atoms with van der Waals surface area (Å²) in [5.41, 5.74) is 2.75. The van der Waals surface area contributed by atoms with Crippen molar-refractivity contribution in [2.24, 2.45) is 5.41 Å². The number of benzene rings is 2. The van der Waals surface area contributed by atoms with E-state index >= 15 is 0 Å². The second-order valence-electron chi connectivity index (χ2n) is 9.63. The van der Waals surface area contributed by atoms with Crippen molar-refractivity contribution in [1.29, 1.82) is 0 Å². The van der Waals surface area contributed by atoms with Crippen LogP contribution in [0.5, 0.6) is 11.5 Å². The molecule has 8 heteroatoms. The summed E-state index contributed by atoms with van der Waals surface area (Å²) in [6, 6.07) is 9.91. The Labute approximate surface area is 198 Å². The van der Waals surface area contributed by atoms with Gasteiger partial charge in [0.1, 0.15) is 0 Å². The van der Waals surface area contributed by atoms with Crippen LogP contribution in [0.4, 0.5) is 11.4 Å². The third-order valence-corrected chi connectivity index (χ3v) is 6.60. The highest BCUT2D eigenvalue weighted by atomic mass is 16.6. The minimum absolute atomic E-state index is 0.00776. The van der Waals surface area contributed by atoms with E-state index in [-0.39, 0.29) is 29.2 Å². The standard InChI is InChI=1S/C26H28N2O6/c1-15-6-8-17(28(31)32)11-19(15)27-20-13-26(2,3)14-21(29)25(20)18(12-24(27)30)16-7-9-22(33-4)23(10-16)34-5/h6-11,18H,12-14H2,1-5H3. The zero-order valence-corrected chi connectivity index (χ0v) is 20.0. The topological polar surface area (TPSA) is 99.0 Å². The molecule has 0 radical (unpaired) electrons. The average Bonchev–Trinajstić information content (AvgIpc) is 2.77. The molecule has 178 valence electrons. The van der Waals surface area contributed by atoms with Crippen molar-refractivity contribution in [3.05, 3.63) is 68.9 Å². The number of carbonyl (C=O) groups excluding carboxylic acids is 2. The predicted molar refractivity (Wildman–Crippen MR) is 127 cm³/mol. The Morgan fingerprint density at radius 2 is 1.74 bits per heavy atom. The molecule has 0 aromatic heterocycles. The number of methoxy groups -OCH3 is 2. The maximum Gasteiger partial charge on any atom is 0.271 e. The summed E-state index contributed by atoms with van der Waals surface area (Å²) in [7, 11) is 3.09. The van der Waals surface area contributed by atoms with Crippen LogP contribution in [0, 0.1) is 22.5 Å². The summed E-state index contributed by atoms with van der Waals surface area (Å²) in [5.74, 6) is 0.447. The van der Waals surface area contributed by atoms with Gasteiger partial charge in [0.25, 0.3) is 5.69 Å². The Kier molecular flexibility index (Phi) is 5.93. The second-order valence-corrected chi connectivity index (χ2v) is 9.63. The summed E-state index contributed by atoms with van der Waals surface area (Å²) in [4.78, 5) is 39.6. The van der Waals surface area contributed by atoms with Crippen molar-refractivity contribution in [2.45, 2.75) is 46.0 Å². The molecule has 0 bridgehead atoms. The lowest BCUT2D eigenvalue weighted by Gasteiger charge is -2.43. The Morgan fingerprint density at radius 1 is 1.03 bits per heavy atom. The highest BCUT2D eigenvalue weighted by Gasteiger charge is 2.45. The first-order valence-corrected chi connectivity index (χ1v) is 11.1. The van der Waals surface area contributed by atoms with Crippen molar-refractivity contribution in [1.82, 2.24) is 0 Å². The molecule has 1 aliphatic carbocycles. The van der Waals surface area contributed by atoms with Gasteiger partial charge in [-0.05, 0) is 42.0 Å². The number of nitrogens with zero attached hydrogens (tertiary/aromatic N) is 2. The van der Waals surface area contributed by atoms with E-state index in [9.17, 15) is 19.7 Å². The number of nitro benzene ring substituents is 1. The number of carbonyl (C=O) groups is 2. The van der Waals surface area contributed by atoms with Crippen LogP contribution in [0.25, 0.3) is 0 Å². The number of ketones is 1. The number of amides is 1. The largest absolute Gasteiger partial charge is 0.493 e. The van der Waals surface area contributed by atoms with Crippen LogP contribution in [-0.4, -0.2) is 30.8 Å². The van der Waals surface area contributed by atoms with E-state index in [1.807, 2.05) is 32.9 Å². The SMILES string of the molecule is COc1ccc(C2CC(=O)N(c3cc([N+](=O)[O-])ccc3C)C3=C2C(=O)CC(C)(C)C3)cc1OC. The van der Waals surface area contributed by atoms with Gasteiger partial charge in [-0.15, -0.1) is 0 Å². The number of hydrogen-bond donors (Lipinski definition) is 0. The molecule has 0 fully saturated rings. The van der Waals surface area contributed by atoms with Gasteiger partial charge in [0.2, 0.25) is 5.91 Å². The molecule has 0 saturated heterocycles. The van der Waals surface area contributed by atoms with Gasteiger partial charge in [0.05, 0.1) is 24.8 Å². The number of anilines is 1. The van der Waals surface area contributed by atoms with Crippen LogP contribution in [-0.2, 0) is 9.59 Å². The number of ether oxygens (including phenoxy) is 2. The summed E-state index contributed by atoms with van der Waals surface area (Å²) in [5, 5.41) is 11.4. The number of nitro groups is 1. The maximum atomic E-state index is 13.6. The third kappa shape index (κ3) is 4.04. The molecular formula is C26H28N2O6. The van der Waals surface area contributed by atoms with E-state index in [1.54, 1.807) is 26.4 Å². The van der Waals surface area contributed by atoms with Gasteiger partial charge in [-0.3, -0.25) is 24.6 Å². The van der Waals surface area contributed by atoms with Crippen molar-refractivity contribution < 1.29 is 24.0 Å². The van der Waals surface area contributed by atoms with Crippen molar-refractivity contribution >= 4 is 23.1 Å². The van der Waals surface area contributed by atoms with Gasteiger partial charge in [-0.2, -0.15) is 0 Å². The first-order chi connectivity index (χ1) is 16.1. The Morgan fingerprint density at radius 3 is 2.38 bits per heavy atom. The number of aryl methyl sites for hydroxylation is 1. The summed E-state index contributed by atoms with van der Waals surface area (Å²) in [6.07, 6.45) is 0.944. The van der Waals surface area contributed by atoms with Crippen LogP contribution in [0.1, 0.15) is 50.2 Å². The predicted octanol–water partition coefficient (Wildman–Crippen LogP) is 5.08. The number of rotatable bonds is 5. The smallest absolute Gasteiger partial charge is 0.271 e. The van der Waals surface area contributed by atoms with Gasteiger partial charge in [-0.1, -0.05) is 26.0 Å². The van der Waals surface area contributed by atoms with Crippen LogP contribution in [0.2, 0.25) is 0 Å². The molecule has 0 N–H and O–H groups in total. The quantitative estimate of drug-likeness (QED) is 0.452. The first-order valence-electron chi connectivity index (χ1n) is 11.1. The lowest BCUT2D eigenvalue weighted by atomic mass is 9.69. The van der Waals surface area contributed by atoms with Gasteiger partial charge < -0.3 is 9.47 Å². The van der Waals surface area contributed by atoms with Gasteiger partial charge in [0, 0.05) is 42.2 Å². The molecular weight excluding hydrogens is 436 g/mol. The van der Waals surface area contributed by atoms with Crippen LogP contribution < -0.4 is 14.4 Å². The molecule has 8 nitrogen and oxygen atoms in total. The fourth-order valence-corrected chi connectivity index (χ4v) is 5.00. The Balaban J connectivity index is 1.92. The van der Waals surface area contributed by atoms with E-state index in [0.29, 0.717) is 41.3 Å². The molecule has 1 aliphatic heterocycles. The average molecular weight is 465 g/mol. The normalized spacial score (nSPS) is 19.7. The molecule has 2 aromatic rings. The molecule has 34 heavy (non-hydrogen) atoms. The molecule has 2 aliphatic rings. The second kappa shape index (κ2) is 8.59. The number of hydrogen-bond acceptors (Lipinski definition) is 6. The molecule has 2 aromatic carbocycles. The Hall–Kier alpha value is -3.68.